The zero-order valence-corrected chi connectivity index (χ0v) is 11.8. The number of carboxylic acids is 1. The van der Waals surface area contributed by atoms with Crippen LogP contribution in [0.2, 0.25) is 0 Å². The Bertz CT molecular complexity index is 560. The van der Waals surface area contributed by atoms with Crippen LogP contribution in [0.5, 0.6) is 5.75 Å². The van der Waals surface area contributed by atoms with E-state index in [-0.39, 0.29) is 16.9 Å². The summed E-state index contributed by atoms with van der Waals surface area (Å²) in [6, 6.07) is 3.70. The lowest BCUT2D eigenvalue weighted by atomic mass is 9.54. The fourth-order valence-corrected chi connectivity index (χ4v) is 5.15. The minimum absolute atomic E-state index is 0.0622. The van der Waals surface area contributed by atoms with E-state index < -0.39 is 11.8 Å². The van der Waals surface area contributed by atoms with Gasteiger partial charge in [-0.3, -0.25) is 0 Å². The number of ether oxygens (including phenoxy) is 1. The molecule has 0 amide bonds. The van der Waals surface area contributed by atoms with E-state index in [9.17, 15) is 14.3 Å². The van der Waals surface area contributed by atoms with Crippen molar-refractivity contribution in [2.75, 3.05) is 0 Å². The van der Waals surface area contributed by atoms with E-state index in [1.807, 2.05) is 0 Å². The second-order valence-electron chi connectivity index (χ2n) is 7.15. The second-order valence-corrected chi connectivity index (χ2v) is 7.15. The van der Waals surface area contributed by atoms with Gasteiger partial charge < -0.3 is 9.84 Å². The Hall–Kier alpha value is -1.58. The molecule has 4 aliphatic rings. The monoisotopic (exact) mass is 290 g/mol. The summed E-state index contributed by atoms with van der Waals surface area (Å²) in [6.07, 6.45) is 6.85. The third kappa shape index (κ3) is 2.21. The molecule has 0 spiro atoms. The molecule has 112 valence electrons. The van der Waals surface area contributed by atoms with Crippen molar-refractivity contribution in [3.05, 3.63) is 29.6 Å². The summed E-state index contributed by atoms with van der Waals surface area (Å²) < 4.78 is 19.7. The highest BCUT2D eigenvalue weighted by Gasteiger charge is 2.52. The molecule has 3 nitrogen and oxygen atoms in total. The van der Waals surface area contributed by atoms with Crippen molar-refractivity contribution in [1.82, 2.24) is 0 Å². The number of hydrogen-bond donors (Lipinski definition) is 1. The quantitative estimate of drug-likeness (QED) is 0.919. The van der Waals surface area contributed by atoms with E-state index in [4.69, 9.17) is 4.74 Å². The summed E-state index contributed by atoms with van der Waals surface area (Å²) in [6.45, 7) is 0. The predicted molar refractivity (Wildman–Crippen MR) is 74.9 cm³/mol. The van der Waals surface area contributed by atoms with Crippen molar-refractivity contribution in [2.45, 2.75) is 44.1 Å². The lowest BCUT2D eigenvalue weighted by Gasteiger charge is -2.56. The average molecular weight is 290 g/mol. The topological polar surface area (TPSA) is 46.5 Å². The van der Waals surface area contributed by atoms with Gasteiger partial charge in [0.25, 0.3) is 0 Å². The fourth-order valence-electron chi connectivity index (χ4n) is 5.15. The van der Waals surface area contributed by atoms with Gasteiger partial charge in [-0.25, -0.2) is 9.18 Å². The first-order valence-corrected chi connectivity index (χ1v) is 7.75. The summed E-state index contributed by atoms with van der Waals surface area (Å²) in [5.41, 5.74) is -0.195. The van der Waals surface area contributed by atoms with Gasteiger partial charge in [-0.15, -0.1) is 0 Å². The lowest BCUT2D eigenvalue weighted by Crippen LogP contribution is -2.53. The molecule has 1 aromatic rings. The van der Waals surface area contributed by atoms with Crippen molar-refractivity contribution in [1.29, 1.82) is 0 Å². The van der Waals surface area contributed by atoms with Crippen LogP contribution < -0.4 is 4.74 Å². The molecule has 4 heteroatoms. The Balaban J connectivity index is 1.67. The van der Waals surface area contributed by atoms with Crippen LogP contribution in [0.3, 0.4) is 0 Å². The first-order chi connectivity index (χ1) is 10.0. The van der Waals surface area contributed by atoms with Gasteiger partial charge in [0.15, 0.2) is 0 Å². The van der Waals surface area contributed by atoms with Gasteiger partial charge in [-0.05, 0) is 68.4 Å². The van der Waals surface area contributed by atoms with Crippen molar-refractivity contribution < 1.29 is 19.0 Å². The van der Waals surface area contributed by atoms with Gasteiger partial charge in [0.1, 0.15) is 22.7 Å². The molecule has 4 aliphatic carbocycles. The summed E-state index contributed by atoms with van der Waals surface area (Å²) >= 11 is 0. The Morgan fingerprint density at radius 2 is 1.71 bits per heavy atom. The van der Waals surface area contributed by atoms with Gasteiger partial charge in [-0.1, -0.05) is 0 Å². The maximum absolute atomic E-state index is 13.5. The summed E-state index contributed by atoms with van der Waals surface area (Å²) in [5.74, 6) is 0.813. The molecule has 0 heterocycles. The number of aromatic carboxylic acids is 1. The predicted octanol–water partition coefficient (Wildman–Crippen LogP) is 3.87. The molecule has 0 aliphatic heterocycles. The Labute approximate surface area is 123 Å². The first-order valence-electron chi connectivity index (χ1n) is 7.75. The summed E-state index contributed by atoms with van der Waals surface area (Å²) in [4.78, 5) is 11.3. The van der Waals surface area contributed by atoms with Crippen molar-refractivity contribution in [2.24, 2.45) is 17.8 Å². The molecule has 4 bridgehead atoms. The smallest absolute Gasteiger partial charge is 0.339 e. The van der Waals surface area contributed by atoms with Crippen LogP contribution in [-0.2, 0) is 0 Å². The number of rotatable bonds is 3. The molecule has 0 radical (unpaired) electrons. The van der Waals surface area contributed by atoms with Gasteiger partial charge in [-0.2, -0.15) is 0 Å². The van der Waals surface area contributed by atoms with Crippen LogP contribution in [0.15, 0.2) is 18.2 Å². The third-order valence-corrected chi connectivity index (χ3v) is 5.48. The SMILES string of the molecule is O=C(O)c1ccc(F)cc1OC12CC3CC(CC(C3)C1)C2. The number of halogens is 1. The molecule has 21 heavy (non-hydrogen) atoms. The molecule has 0 aromatic heterocycles. The second kappa shape index (κ2) is 4.46. The van der Waals surface area contributed by atoms with Crippen LogP contribution in [0.25, 0.3) is 0 Å². The largest absolute Gasteiger partial charge is 0.486 e. The van der Waals surface area contributed by atoms with Crippen LogP contribution in [0, 0.1) is 23.6 Å². The zero-order chi connectivity index (χ0) is 14.6. The molecule has 4 fully saturated rings. The molecule has 1 aromatic carbocycles. The Morgan fingerprint density at radius 3 is 2.24 bits per heavy atom. The normalized spacial score (nSPS) is 36.7. The van der Waals surface area contributed by atoms with E-state index >= 15 is 0 Å². The molecule has 0 unspecified atom stereocenters. The van der Waals surface area contributed by atoms with Gasteiger partial charge in [0.2, 0.25) is 0 Å². The van der Waals surface area contributed by atoms with Crippen molar-refractivity contribution in [3.8, 4) is 5.75 Å². The van der Waals surface area contributed by atoms with Crippen molar-refractivity contribution >= 4 is 5.97 Å². The molecular weight excluding hydrogens is 271 g/mol. The minimum Gasteiger partial charge on any atom is -0.486 e. The van der Waals surface area contributed by atoms with Crippen LogP contribution in [-0.4, -0.2) is 16.7 Å². The molecular formula is C17H19FO3. The standard InChI is InChI=1S/C17H19FO3/c18-13-1-2-14(16(19)20)15(6-13)21-17-7-10-3-11(8-17)5-12(4-10)9-17/h1-2,6,10-12H,3-5,7-9H2,(H,19,20). The lowest BCUT2D eigenvalue weighted by molar-refractivity contribution is -0.108. The minimum atomic E-state index is -1.06. The maximum Gasteiger partial charge on any atom is 0.339 e. The van der Waals surface area contributed by atoms with E-state index in [0.29, 0.717) is 17.8 Å². The molecule has 0 atom stereocenters. The highest BCUT2D eigenvalue weighted by molar-refractivity contribution is 5.90. The molecule has 0 saturated heterocycles. The fraction of sp³-hybridized carbons (Fsp3) is 0.588. The van der Waals surface area contributed by atoms with E-state index in [2.05, 4.69) is 0 Å². The van der Waals surface area contributed by atoms with Gasteiger partial charge >= 0.3 is 5.97 Å². The number of carbonyl (C=O) groups is 1. The zero-order valence-electron chi connectivity index (χ0n) is 11.8. The highest BCUT2D eigenvalue weighted by atomic mass is 19.1. The molecule has 4 saturated carbocycles. The Kier molecular flexibility index (Phi) is 2.78. The Morgan fingerprint density at radius 1 is 1.14 bits per heavy atom. The van der Waals surface area contributed by atoms with Crippen LogP contribution in [0.4, 0.5) is 4.39 Å². The van der Waals surface area contributed by atoms with Crippen molar-refractivity contribution in [3.63, 3.8) is 0 Å². The number of hydrogen-bond acceptors (Lipinski definition) is 2. The number of benzene rings is 1. The van der Waals surface area contributed by atoms with E-state index in [1.54, 1.807) is 0 Å². The summed E-state index contributed by atoms with van der Waals surface area (Å²) in [5, 5.41) is 9.27. The van der Waals surface area contributed by atoms with E-state index in [1.165, 1.54) is 37.5 Å². The highest BCUT2D eigenvalue weighted by Crippen LogP contribution is 2.57. The molecule has 5 rings (SSSR count). The van der Waals surface area contributed by atoms with Gasteiger partial charge in [0, 0.05) is 6.07 Å². The third-order valence-electron chi connectivity index (χ3n) is 5.48. The first kappa shape index (κ1) is 13.1. The number of carboxylic acid groups (broad SMARTS) is 1. The van der Waals surface area contributed by atoms with Gasteiger partial charge in [0.05, 0.1) is 0 Å². The van der Waals surface area contributed by atoms with Crippen LogP contribution >= 0.6 is 0 Å². The van der Waals surface area contributed by atoms with Crippen LogP contribution in [0.1, 0.15) is 48.9 Å². The maximum atomic E-state index is 13.5. The summed E-state index contributed by atoms with van der Waals surface area (Å²) in [7, 11) is 0. The van der Waals surface area contributed by atoms with E-state index in [0.717, 1.165) is 19.3 Å². The molecule has 1 N–H and O–H groups in total. The average Bonchev–Trinajstić information content (AvgIpc) is 2.35.